The molecule has 0 amide bonds. The third-order valence-corrected chi connectivity index (χ3v) is 4.10. The van der Waals surface area contributed by atoms with Crippen molar-refractivity contribution in [2.24, 2.45) is 0 Å². The van der Waals surface area contributed by atoms with Crippen LogP contribution in [0.3, 0.4) is 0 Å². The van der Waals surface area contributed by atoms with Crippen molar-refractivity contribution in [3.8, 4) is 17.1 Å². The SMILES string of the molecule is COC(=O)c1ccc(COc2nnc(-c3ccccc3)c3ccccc23)o1. The number of esters is 1. The highest BCUT2D eigenvalue weighted by Crippen LogP contribution is 2.31. The number of hydrogen-bond donors (Lipinski definition) is 0. The molecule has 0 aliphatic heterocycles. The topological polar surface area (TPSA) is 74.5 Å². The number of carbonyl (C=O) groups is 1. The molecule has 0 N–H and O–H groups in total. The fourth-order valence-corrected chi connectivity index (χ4v) is 2.80. The van der Waals surface area contributed by atoms with Gasteiger partial charge in [-0.2, -0.15) is 0 Å². The van der Waals surface area contributed by atoms with E-state index in [1.807, 2.05) is 54.6 Å². The largest absolute Gasteiger partial charge is 0.468 e. The van der Waals surface area contributed by atoms with Crippen molar-refractivity contribution in [2.75, 3.05) is 7.11 Å². The van der Waals surface area contributed by atoms with Crippen LogP contribution < -0.4 is 4.74 Å². The first-order valence-electron chi connectivity index (χ1n) is 8.37. The number of carbonyl (C=O) groups excluding carboxylic acids is 1. The number of rotatable bonds is 5. The van der Waals surface area contributed by atoms with Gasteiger partial charge in [0.2, 0.25) is 11.6 Å². The van der Waals surface area contributed by atoms with E-state index < -0.39 is 5.97 Å². The van der Waals surface area contributed by atoms with Crippen LogP contribution in [0.2, 0.25) is 0 Å². The summed E-state index contributed by atoms with van der Waals surface area (Å²) in [5, 5.41) is 10.4. The molecule has 0 unspecified atom stereocenters. The lowest BCUT2D eigenvalue weighted by Gasteiger charge is -2.10. The lowest BCUT2D eigenvalue weighted by Crippen LogP contribution is -2.01. The van der Waals surface area contributed by atoms with Crippen LogP contribution >= 0.6 is 0 Å². The average Bonchev–Trinajstić information content (AvgIpc) is 3.21. The van der Waals surface area contributed by atoms with Gasteiger partial charge in [-0.25, -0.2) is 4.79 Å². The zero-order chi connectivity index (χ0) is 18.6. The minimum atomic E-state index is -0.529. The molecular weight excluding hydrogens is 344 g/mol. The predicted octanol–water partition coefficient (Wildman–Crippen LogP) is 4.26. The minimum Gasteiger partial charge on any atom is -0.468 e. The summed E-state index contributed by atoms with van der Waals surface area (Å²) in [4.78, 5) is 11.5. The molecule has 0 saturated carbocycles. The molecule has 134 valence electrons. The fraction of sp³-hybridized carbons (Fsp3) is 0.0952. The molecule has 0 aliphatic rings. The Balaban J connectivity index is 1.63. The zero-order valence-electron chi connectivity index (χ0n) is 14.6. The van der Waals surface area contributed by atoms with E-state index in [9.17, 15) is 4.79 Å². The van der Waals surface area contributed by atoms with E-state index in [2.05, 4.69) is 14.9 Å². The van der Waals surface area contributed by atoms with E-state index in [-0.39, 0.29) is 12.4 Å². The number of aromatic nitrogens is 2. The predicted molar refractivity (Wildman–Crippen MR) is 99.4 cm³/mol. The molecule has 2 aromatic carbocycles. The Hall–Kier alpha value is -3.67. The minimum absolute atomic E-state index is 0.125. The van der Waals surface area contributed by atoms with Gasteiger partial charge in [-0.1, -0.05) is 48.5 Å². The lowest BCUT2D eigenvalue weighted by atomic mass is 10.1. The second kappa shape index (κ2) is 7.29. The maximum atomic E-state index is 11.5. The average molecular weight is 360 g/mol. The molecule has 6 heteroatoms. The zero-order valence-corrected chi connectivity index (χ0v) is 14.6. The van der Waals surface area contributed by atoms with Crippen LogP contribution in [0, 0.1) is 0 Å². The summed E-state index contributed by atoms with van der Waals surface area (Å²) < 4.78 is 15.8. The molecule has 0 spiro atoms. The molecule has 2 heterocycles. The summed E-state index contributed by atoms with van der Waals surface area (Å²) in [7, 11) is 1.30. The van der Waals surface area contributed by atoms with Crippen LogP contribution in [-0.4, -0.2) is 23.3 Å². The molecule has 0 aliphatic carbocycles. The molecule has 4 rings (SSSR count). The summed E-state index contributed by atoms with van der Waals surface area (Å²) >= 11 is 0. The van der Waals surface area contributed by atoms with Crippen molar-refractivity contribution in [3.05, 3.63) is 78.3 Å². The highest BCUT2D eigenvalue weighted by Gasteiger charge is 2.14. The first-order valence-corrected chi connectivity index (χ1v) is 8.37. The van der Waals surface area contributed by atoms with Gasteiger partial charge in [0.25, 0.3) is 0 Å². The second-order valence-electron chi connectivity index (χ2n) is 5.81. The fourth-order valence-electron chi connectivity index (χ4n) is 2.80. The maximum absolute atomic E-state index is 11.5. The smallest absolute Gasteiger partial charge is 0.373 e. The van der Waals surface area contributed by atoms with Gasteiger partial charge in [0.1, 0.15) is 18.1 Å². The van der Waals surface area contributed by atoms with Crippen LogP contribution in [0.15, 0.2) is 71.1 Å². The van der Waals surface area contributed by atoms with E-state index >= 15 is 0 Å². The van der Waals surface area contributed by atoms with Crippen LogP contribution in [0.4, 0.5) is 0 Å². The molecule has 6 nitrogen and oxygen atoms in total. The summed E-state index contributed by atoms with van der Waals surface area (Å²) in [5.41, 5.74) is 1.78. The standard InChI is InChI=1S/C21H16N2O4/c1-25-21(24)18-12-11-15(27-18)13-26-20-17-10-6-5-9-16(17)19(22-23-20)14-7-3-2-4-8-14/h2-12H,13H2,1H3. The Bertz CT molecular complexity index is 1090. The normalized spacial score (nSPS) is 10.7. The number of benzene rings is 2. The van der Waals surface area contributed by atoms with Gasteiger partial charge in [-0.05, 0) is 18.2 Å². The molecule has 4 aromatic rings. The first kappa shape index (κ1) is 16.8. The van der Waals surface area contributed by atoms with E-state index in [1.54, 1.807) is 12.1 Å². The Kier molecular flexibility index (Phi) is 4.53. The van der Waals surface area contributed by atoms with Gasteiger partial charge >= 0.3 is 5.97 Å². The molecule has 2 aromatic heterocycles. The van der Waals surface area contributed by atoms with Crippen LogP contribution in [-0.2, 0) is 11.3 Å². The summed E-state index contributed by atoms with van der Waals surface area (Å²) in [5.74, 6) is 0.500. The van der Waals surface area contributed by atoms with Crippen molar-refractivity contribution in [1.29, 1.82) is 0 Å². The number of furan rings is 1. The third-order valence-electron chi connectivity index (χ3n) is 4.10. The molecule has 27 heavy (non-hydrogen) atoms. The number of ether oxygens (including phenoxy) is 2. The third kappa shape index (κ3) is 3.37. The number of fused-ring (bicyclic) bond motifs is 1. The van der Waals surface area contributed by atoms with Gasteiger partial charge < -0.3 is 13.9 Å². The number of methoxy groups -OCH3 is 1. The maximum Gasteiger partial charge on any atom is 0.373 e. The van der Waals surface area contributed by atoms with Crippen molar-refractivity contribution in [3.63, 3.8) is 0 Å². The Labute approximate surface area is 155 Å². The van der Waals surface area contributed by atoms with E-state index in [0.29, 0.717) is 11.6 Å². The van der Waals surface area contributed by atoms with E-state index in [4.69, 9.17) is 9.15 Å². The van der Waals surface area contributed by atoms with Crippen LogP contribution in [0.5, 0.6) is 5.88 Å². The van der Waals surface area contributed by atoms with Crippen molar-refractivity contribution in [2.45, 2.75) is 6.61 Å². The quantitative estimate of drug-likeness (QED) is 0.495. The highest BCUT2D eigenvalue weighted by atomic mass is 16.5. The number of nitrogens with zero attached hydrogens (tertiary/aromatic N) is 2. The Morgan fingerprint density at radius 1 is 0.926 bits per heavy atom. The molecular formula is C21H16N2O4. The summed E-state index contributed by atoms with van der Waals surface area (Å²) in [6.45, 7) is 0.125. The Morgan fingerprint density at radius 2 is 1.67 bits per heavy atom. The highest BCUT2D eigenvalue weighted by molar-refractivity contribution is 5.96. The second-order valence-corrected chi connectivity index (χ2v) is 5.81. The first-order chi connectivity index (χ1) is 13.3. The van der Waals surface area contributed by atoms with E-state index in [1.165, 1.54) is 7.11 Å². The lowest BCUT2D eigenvalue weighted by molar-refractivity contribution is 0.0561. The summed E-state index contributed by atoms with van der Waals surface area (Å²) in [6, 6.07) is 20.9. The molecule has 0 atom stereocenters. The van der Waals surface area contributed by atoms with Crippen molar-refractivity contribution >= 4 is 16.7 Å². The van der Waals surface area contributed by atoms with Gasteiger partial charge in [0, 0.05) is 16.3 Å². The van der Waals surface area contributed by atoms with Gasteiger partial charge in [-0.15, -0.1) is 10.2 Å². The van der Waals surface area contributed by atoms with Crippen LogP contribution in [0.25, 0.3) is 22.0 Å². The monoisotopic (exact) mass is 360 g/mol. The van der Waals surface area contributed by atoms with Gasteiger partial charge in [-0.3, -0.25) is 0 Å². The van der Waals surface area contributed by atoms with Gasteiger partial charge in [0.15, 0.2) is 0 Å². The van der Waals surface area contributed by atoms with E-state index in [0.717, 1.165) is 22.0 Å². The van der Waals surface area contributed by atoms with Crippen LogP contribution in [0.1, 0.15) is 16.3 Å². The van der Waals surface area contributed by atoms with Crippen molar-refractivity contribution < 1.29 is 18.7 Å². The molecule has 0 saturated heterocycles. The molecule has 0 bridgehead atoms. The van der Waals surface area contributed by atoms with Crippen molar-refractivity contribution in [1.82, 2.24) is 10.2 Å². The molecule has 0 fully saturated rings. The summed E-state index contributed by atoms with van der Waals surface area (Å²) in [6.07, 6.45) is 0. The molecule has 0 radical (unpaired) electrons. The Morgan fingerprint density at radius 3 is 2.44 bits per heavy atom. The van der Waals surface area contributed by atoms with Gasteiger partial charge in [0.05, 0.1) is 7.11 Å². The number of hydrogen-bond acceptors (Lipinski definition) is 6.